The smallest absolute Gasteiger partial charge is 0.227 e. The first-order chi connectivity index (χ1) is 13.7. The molecule has 0 spiro atoms. The van der Waals surface area contributed by atoms with Crippen molar-refractivity contribution in [3.63, 3.8) is 0 Å². The van der Waals surface area contributed by atoms with Crippen LogP contribution in [0.1, 0.15) is 24.0 Å². The Morgan fingerprint density at radius 2 is 2.11 bits per heavy atom. The van der Waals surface area contributed by atoms with E-state index in [1.54, 1.807) is 12.5 Å². The Morgan fingerprint density at radius 1 is 1.21 bits per heavy atom. The molecule has 28 heavy (non-hydrogen) atoms. The van der Waals surface area contributed by atoms with Crippen LogP contribution in [0.5, 0.6) is 0 Å². The highest BCUT2D eigenvalue weighted by Crippen LogP contribution is 2.37. The van der Waals surface area contributed by atoms with Gasteiger partial charge in [0.25, 0.3) is 0 Å². The summed E-state index contributed by atoms with van der Waals surface area (Å²) in [7, 11) is 2.01. The molecule has 0 radical (unpaired) electrons. The number of aromatic nitrogens is 4. The van der Waals surface area contributed by atoms with Crippen LogP contribution in [0, 0.1) is 12.8 Å². The van der Waals surface area contributed by atoms with Gasteiger partial charge in [-0.1, -0.05) is 6.07 Å². The van der Waals surface area contributed by atoms with Crippen molar-refractivity contribution >= 4 is 28.6 Å². The van der Waals surface area contributed by atoms with E-state index in [1.165, 1.54) is 29.5 Å². The van der Waals surface area contributed by atoms with Crippen LogP contribution in [0.15, 0.2) is 47.4 Å². The molecule has 0 atom stereocenters. The van der Waals surface area contributed by atoms with Crippen molar-refractivity contribution in [3.05, 3.63) is 53.5 Å². The lowest BCUT2D eigenvalue weighted by Gasteiger charge is -2.19. The number of nitrogens with zero attached hydrogens (tertiary/aromatic N) is 5. The van der Waals surface area contributed by atoms with Crippen molar-refractivity contribution in [2.24, 2.45) is 10.9 Å². The third-order valence-electron chi connectivity index (χ3n) is 5.46. The van der Waals surface area contributed by atoms with Crippen LogP contribution in [-0.4, -0.2) is 39.4 Å². The minimum absolute atomic E-state index is 0.677. The van der Waals surface area contributed by atoms with Crippen molar-refractivity contribution in [2.45, 2.75) is 26.3 Å². The van der Waals surface area contributed by atoms with E-state index in [0.717, 1.165) is 35.1 Å². The average Bonchev–Trinajstić information content (AvgIpc) is 3.25. The SMILES string of the molecule is Cc1c(CN(C)c2nccc(NC3=NCC(C4CC4)=C3)n2)ccc2[nH]cnc12. The molecule has 3 aromatic rings. The number of nitrogens with one attached hydrogen (secondary N) is 2. The van der Waals surface area contributed by atoms with E-state index < -0.39 is 0 Å². The molecule has 7 heteroatoms. The fourth-order valence-electron chi connectivity index (χ4n) is 3.64. The van der Waals surface area contributed by atoms with Gasteiger partial charge in [0, 0.05) is 19.8 Å². The number of amidine groups is 1. The van der Waals surface area contributed by atoms with Crippen molar-refractivity contribution < 1.29 is 0 Å². The van der Waals surface area contributed by atoms with Gasteiger partial charge in [-0.15, -0.1) is 0 Å². The Balaban J connectivity index is 1.31. The highest BCUT2D eigenvalue weighted by Gasteiger charge is 2.27. The number of benzene rings is 1. The number of H-pyrrole nitrogens is 1. The van der Waals surface area contributed by atoms with Gasteiger partial charge < -0.3 is 15.2 Å². The molecule has 1 aliphatic heterocycles. The molecule has 142 valence electrons. The van der Waals surface area contributed by atoms with E-state index in [4.69, 9.17) is 0 Å². The zero-order chi connectivity index (χ0) is 19.1. The van der Waals surface area contributed by atoms with Gasteiger partial charge in [-0.3, -0.25) is 4.99 Å². The molecule has 3 heterocycles. The van der Waals surface area contributed by atoms with Crippen LogP contribution in [0.3, 0.4) is 0 Å². The summed E-state index contributed by atoms with van der Waals surface area (Å²) in [5.41, 5.74) is 5.90. The van der Waals surface area contributed by atoms with Crippen molar-refractivity contribution in [1.29, 1.82) is 0 Å². The van der Waals surface area contributed by atoms with Crippen LogP contribution in [0.4, 0.5) is 11.8 Å². The third kappa shape index (κ3) is 3.24. The fourth-order valence-corrected chi connectivity index (χ4v) is 3.64. The highest BCUT2D eigenvalue weighted by molar-refractivity contribution is 6.05. The lowest BCUT2D eigenvalue weighted by Crippen LogP contribution is -2.20. The van der Waals surface area contributed by atoms with Crippen LogP contribution in [0.2, 0.25) is 0 Å². The van der Waals surface area contributed by atoms with Crippen molar-refractivity contribution in [1.82, 2.24) is 19.9 Å². The zero-order valence-electron chi connectivity index (χ0n) is 16.1. The van der Waals surface area contributed by atoms with Gasteiger partial charge in [-0.2, -0.15) is 4.98 Å². The Hall–Kier alpha value is -3.22. The molecule has 2 aromatic heterocycles. The molecule has 5 rings (SSSR count). The molecule has 1 fully saturated rings. The number of rotatable bonds is 5. The summed E-state index contributed by atoms with van der Waals surface area (Å²) >= 11 is 0. The van der Waals surface area contributed by atoms with Gasteiger partial charge in [0.15, 0.2) is 0 Å². The van der Waals surface area contributed by atoms with Gasteiger partial charge in [0.1, 0.15) is 11.7 Å². The van der Waals surface area contributed by atoms with Crippen LogP contribution in [-0.2, 0) is 6.54 Å². The largest absolute Gasteiger partial charge is 0.345 e. The van der Waals surface area contributed by atoms with Gasteiger partial charge in [0.05, 0.1) is 23.9 Å². The van der Waals surface area contributed by atoms with Crippen LogP contribution >= 0.6 is 0 Å². The Morgan fingerprint density at radius 3 is 2.96 bits per heavy atom. The molecule has 1 saturated carbocycles. The summed E-state index contributed by atoms with van der Waals surface area (Å²) in [6.07, 6.45) is 8.30. The first-order valence-electron chi connectivity index (χ1n) is 9.65. The maximum absolute atomic E-state index is 4.67. The quantitative estimate of drug-likeness (QED) is 0.716. The standard InChI is InChI=1S/C21H23N7/c1-13-15(5-6-17-20(13)25-12-24-17)11-28(2)21-22-8-7-18(27-21)26-19-9-16(10-23-19)14-3-4-14/h5-9,12,14H,3-4,10-11H2,1-2H3,(H,24,25)(H,22,23,26,27). The number of aromatic amines is 1. The number of hydrogen-bond acceptors (Lipinski definition) is 6. The molecule has 1 aromatic carbocycles. The minimum Gasteiger partial charge on any atom is -0.345 e. The van der Waals surface area contributed by atoms with E-state index in [1.807, 2.05) is 18.0 Å². The fraction of sp³-hybridized carbons (Fsp3) is 0.333. The van der Waals surface area contributed by atoms with Crippen LogP contribution < -0.4 is 10.2 Å². The lowest BCUT2D eigenvalue weighted by molar-refractivity contribution is 0.864. The molecule has 0 unspecified atom stereocenters. The summed E-state index contributed by atoms with van der Waals surface area (Å²) in [5.74, 6) is 3.10. The summed E-state index contributed by atoms with van der Waals surface area (Å²) in [6, 6.07) is 6.08. The number of imidazole rings is 1. The normalized spacial score (nSPS) is 16.2. The lowest BCUT2D eigenvalue weighted by atomic mass is 10.1. The van der Waals surface area contributed by atoms with Crippen molar-refractivity contribution in [3.8, 4) is 0 Å². The Labute approximate surface area is 163 Å². The maximum atomic E-state index is 4.67. The Kier molecular flexibility index (Phi) is 4.07. The van der Waals surface area contributed by atoms with E-state index >= 15 is 0 Å². The summed E-state index contributed by atoms with van der Waals surface area (Å²) in [5, 5.41) is 3.33. The van der Waals surface area contributed by atoms with Gasteiger partial charge >= 0.3 is 0 Å². The topological polar surface area (TPSA) is 82.1 Å². The molecule has 1 aliphatic carbocycles. The number of fused-ring (bicyclic) bond motifs is 1. The summed E-state index contributed by atoms with van der Waals surface area (Å²) in [4.78, 5) is 23.3. The average molecular weight is 373 g/mol. The molecule has 0 saturated heterocycles. The predicted molar refractivity (Wildman–Crippen MR) is 112 cm³/mol. The Bertz CT molecular complexity index is 1090. The zero-order valence-corrected chi connectivity index (χ0v) is 16.1. The summed E-state index contributed by atoms with van der Waals surface area (Å²) in [6.45, 7) is 3.64. The van der Waals surface area contributed by atoms with E-state index in [2.05, 4.69) is 55.4 Å². The monoisotopic (exact) mass is 373 g/mol. The minimum atomic E-state index is 0.677. The van der Waals surface area contributed by atoms with E-state index in [-0.39, 0.29) is 0 Å². The molecular weight excluding hydrogens is 350 g/mol. The second-order valence-electron chi connectivity index (χ2n) is 7.57. The second-order valence-corrected chi connectivity index (χ2v) is 7.57. The van der Waals surface area contributed by atoms with E-state index in [9.17, 15) is 0 Å². The third-order valence-corrected chi connectivity index (χ3v) is 5.46. The summed E-state index contributed by atoms with van der Waals surface area (Å²) < 4.78 is 0. The highest BCUT2D eigenvalue weighted by atomic mass is 15.2. The molecule has 0 bridgehead atoms. The first-order valence-corrected chi connectivity index (χ1v) is 9.65. The van der Waals surface area contributed by atoms with Gasteiger partial charge in [-0.25, -0.2) is 9.97 Å². The number of aliphatic imine (C=N–C) groups is 1. The molecular formula is C21H23N7. The molecule has 2 aliphatic rings. The molecule has 2 N–H and O–H groups in total. The van der Waals surface area contributed by atoms with E-state index in [0.29, 0.717) is 12.5 Å². The number of aryl methyl sites for hydroxylation is 1. The number of anilines is 2. The first kappa shape index (κ1) is 16.9. The maximum Gasteiger partial charge on any atom is 0.227 e. The second kappa shape index (κ2) is 6.74. The van der Waals surface area contributed by atoms with Gasteiger partial charge in [-0.05, 0) is 60.6 Å². The molecule has 7 nitrogen and oxygen atoms in total. The predicted octanol–water partition coefficient (Wildman–Crippen LogP) is 3.46. The van der Waals surface area contributed by atoms with Gasteiger partial charge in [0.2, 0.25) is 5.95 Å². The molecule has 0 amide bonds. The van der Waals surface area contributed by atoms with Crippen LogP contribution in [0.25, 0.3) is 11.0 Å². The van der Waals surface area contributed by atoms with Crippen molar-refractivity contribution in [2.75, 3.05) is 23.8 Å². The number of hydrogen-bond donors (Lipinski definition) is 2.